The molecule has 2 N–H and O–H groups in total. The fourth-order valence-corrected chi connectivity index (χ4v) is 6.59. The summed E-state index contributed by atoms with van der Waals surface area (Å²) in [6, 6.07) is 16.0. The van der Waals surface area contributed by atoms with Crippen LogP contribution in [-0.4, -0.2) is 32.8 Å². The van der Waals surface area contributed by atoms with Crippen molar-refractivity contribution in [1.82, 2.24) is 10.6 Å². The molecular weight excluding hydrogens is 460 g/mol. The minimum atomic E-state index is -0.351. The summed E-state index contributed by atoms with van der Waals surface area (Å²) < 4.78 is 0. The van der Waals surface area contributed by atoms with Gasteiger partial charge in [0.15, 0.2) is 0 Å². The third-order valence-electron chi connectivity index (χ3n) is 4.46. The number of carbonyl (C=O) groups excluding carboxylic acids is 4. The molecule has 4 rings (SSSR count). The Bertz CT molecular complexity index is 913. The maximum absolute atomic E-state index is 11.7. The van der Waals surface area contributed by atoms with Crippen LogP contribution >= 0.6 is 45.1 Å². The van der Waals surface area contributed by atoms with E-state index in [9.17, 15) is 19.2 Å². The molecule has 4 amide bonds. The molecule has 6 nitrogen and oxygen atoms in total. The maximum Gasteiger partial charge on any atom is 0.286 e. The molecule has 0 bridgehead atoms. The average molecular weight is 477 g/mol. The zero-order valence-electron chi connectivity index (χ0n) is 15.5. The number of carbonyl (C=O) groups is 4. The van der Waals surface area contributed by atoms with Crippen molar-refractivity contribution in [2.75, 3.05) is 0 Å². The SMILES string of the molecule is O=C1NC(=O)C(Cc2ccc(SSc3ccc(CC4SC(=O)NC4=O)cc3)cc2)S1. The van der Waals surface area contributed by atoms with Crippen LogP contribution in [0.15, 0.2) is 58.3 Å². The van der Waals surface area contributed by atoms with Crippen molar-refractivity contribution in [3.05, 3.63) is 59.7 Å². The van der Waals surface area contributed by atoms with E-state index in [1.165, 1.54) is 0 Å². The van der Waals surface area contributed by atoms with E-state index in [1.54, 1.807) is 21.6 Å². The Hall–Kier alpha value is -1.88. The van der Waals surface area contributed by atoms with Crippen LogP contribution in [0.2, 0.25) is 0 Å². The number of rotatable bonds is 7. The number of amides is 4. The number of imide groups is 2. The predicted molar refractivity (Wildman–Crippen MR) is 122 cm³/mol. The molecule has 2 heterocycles. The van der Waals surface area contributed by atoms with Crippen LogP contribution in [-0.2, 0) is 22.4 Å². The molecule has 0 radical (unpaired) electrons. The Morgan fingerprint density at radius 1 is 0.633 bits per heavy atom. The molecule has 0 spiro atoms. The molecule has 2 aliphatic heterocycles. The van der Waals surface area contributed by atoms with E-state index < -0.39 is 0 Å². The lowest BCUT2D eigenvalue weighted by Gasteiger charge is -2.08. The van der Waals surface area contributed by atoms with Crippen LogP contribution in [0.3, 0.4) is 0 Å². The molecule has 2 aromatic rings. The number of hydrogen-bond acceptors (Lipinski definition) is 8. The van der Waals surface area contributed by atoms with E-state index >= 15 is 0 Å². The van der Waals surface area contributed by atoms with Gasteiger partial charge in [-0.05, 0) is 48.2 Å². The van der Waals surface area contributed by atoms with Crippen LogP contribution in [0.25, 0.3) is 0 Å². The zero-order valence-corrected chi connectivity index (χ0v) is 18.7. The fourth-order valence-electron chi connectivity index (χ4n) is 2.94. The van der Waals surface area contributed by atoms with Crippen molar-refractivity contribution in [3.8, 4) is 0 Å². The molecule has 10 heteroatoms. The number of hydrogen-bond donors (Lipinski definition) is 2. The van der Waals surface area contributed by atoms with Gasteiger partial charge in [0.05, 0.1) is 10.5 Å². The van der Waals surface area contributed by atoms with E-state index in [0.717, 1.165) is 44.4 Å². The minimum absolute atomic E-state index is 0.221. The van der Waals surface area contributed by atoms with E-state index in [4.69, 9.17) is 0 Å². The van der Waals surface area contributed by atoms with Gasteiger partial charge in [0, 0.05) is 9.79 Å². The van der Waals surface area contributed by atoms with Crippen molar-refractivity contribution in [1.29, 1.82) is 0 Å². The van der Waals surface area contributed by atoms with Crippen LogP contribution in [0.4, 0.5) is 9.59 Å². The molecule has 0 aromatic heterocycles. The first kappa shape index (κ1) is 21.4. The molecule has 0 aliphatic carbocycles. The average Bonchev–Trinajstić information content (AvgIpc) is 3.21. The summed E-state index contributed by atoms with van der Waals surface area (Å²) in [5.74, 6) is -0.442. The topological polar surface area (TPSA) is 92.3 Å². The first-order valence-corrected chi connectivity index (χ1v) is 12.9. The van der Waals surface area contributed by atoms with Crippen molar-refractivity contribution in [2.24, 2.45) is 0 Å². The molecule has 0 saturated carbocycles. The lowest BCUT2D eigenvalue weighted by molar-refractivity contribution is -0.119. The molecule has 2 fully saturated rings. The summed E-state index contributed by atoms with van der Waals surface area (Å²) in [5.41, 5.74) is 2.03. The van der Waals surface area contributed by atoms with Crippen LogP contribution < -0.4 is 10.6 Å². The Morgan fingerprint density at radius 2 is 1.00 bits per heavy atom. The van der Waals surface area contributed by atoms with Crippen molar-refractivity contribution < 1.29 is 19.2 Å². The second-order valence-corrected chi connectivity index (χ2v) is 11.3. The molecule has 2 aromatic carbocycles. The van der Waals surface area contributed by atoms with E-state index in [0.29, 0.717) is 12.8 Å². The van der Waals surface area contributed by atoms with Gasteiger partial charge < -0.3 is 0 Å². The van der Waals surface area contributed by atoms with Crippen LogP contribution in [0.5, 0.6) is 0 Å². The zero-order chi connectivity index (χ0) is 21.1. The van der Waals surface area contributed by atoms with Crippen LogP contribution in [0, 0.1) is 0 Å². The van der Waals surface area contributed by atoms with Gasteiger partial charge in [-0.2, -0.15) is 0 Å². The molecular formula is C20H16N2O4S4. The van der Waals surface area contributed by atoms with Gasteiger partial charge in [-0.3, -0.25) is 29.8 Å². The quantitative estimate of drug-likeness (QED) is 0.573. The third kappa shape index (κ3) is 5.42. The predicted octanol–water partition coefficient (Wildman–Crippen LogP) is 4.27. The van der Waals surface area contributed by atoms with Gasteiger partial charge in [0.1, 0.15) is 0 Å². The number of thioether (sulfide) groups is 2. The Balaban J connectivity index is 1.27. The summed E-state index contributed by atoms with van der Waals surface area (Å²) in [6.07, 6.45) is 1.06. The summed E-state index contributed by atoms with van der Waals surface area (Å²) in [4.78, 5) is 48.0. The Labute approximate surface area is 189 Å². The standard InChI is InChI=1S/C20H16N2O4S4/c23-17-15(27-19(25)21-17)9-11-1-5-13(6-2-11)29-30-14-7-3-12(4-8-14)10-16-18(24)22-20(26)28-16/h1-8,15-16H,9-10H2,(H,21,23,25)(H,22,24,26). The number of benzene rings is 2. The van der Waals surface area contributed by atoms with E-state index in [2.05, 4.69) is 10.6 Å². The Morgan fingerprint density at radius 3 is 1.30 bits per heavy atom. The van der Waals surface area contributed by atoms with E-state index in [1.807, 2.05) is 48.5 Å². The largest absolute Gasteiger partial charge is 0.286 e. The minimum Gasteiger partial charge on any atom is -0.286 e. The van der Waals surface area contributed by atoms with Crippen molar-refractivity contribution in [3.63, 3.8) is 0 Å². The number of nitrogens with one attached hydrogen (secondary N) is 2. The van der Waals surface area contributed by atoms with Gasteiger partial charge in [-0.15, -0.1) is 0 Å². The monoisotopic (exact) mass is 476 g/mol. The fraction of sp³-hybridized carbons (Fsp3) is 0.200. The van der Waals surface area contributed by atoms with Gasteiger partial charge in [0.2, 0.25) is 11.8 Å². The van der Waals surface area contributed by atoms with Gasteiger partial charge in [-0.25, -0.2) is 0 Å². The lowest BCUT2D eigenvalue weighted by Crippen LogP contribution is -2.25. The Kier molecular flexibility index (Phi) is 6.77. The summed E-state index contributed by atoms with van der Waals surface area (Å²) >= 11 is 2.08. The van der Waals surface area contributed by atoms with Gasteiger partial charge >= 0.3 is 0 Å². The molecule has 30 heavy (non-hydrogen) atoms. The van der Waals surface area contributed by atoms with Crippen molar-refractivity contribution in [2.45, 2.75) is 33.1 Å². The van der Waals surface area contributed by atoms with Crippen LogP contribution in [0.1, 0.15) is 11.1 Å². The highest BCUT2D eigenvalue weighted by atomic mass is 33.1. The maximum atomic E-state index is 11.7. The highest BCUT2D eigenvalue weighted by Crippen LogP contribution is 2.38. The first-order valence-electron chi connectivity index (χ1n) is 9.01. The molecule has 2 unspecified atom stereocenters. The first-order chi connectivity index (χ1) is 14.5. The summed E-state index contributed by atoms with van der Waals surface area (Å²) in [7, 11) is 3.26. The van der Waals surface area contributed by atoms with Gasteiger partial charge in [0.25, 0.3) is 10.5 Å². The molecule has 154 valence electrons. The molecule has 2 atom stereocenters. The summed E-state index contributed by atoms with van der Waals surface area (Å²) in [5, 5.41) is 3.35. The summed E-state index contributed by atoms with van der Waals surface area (Å²) in [6.45, 7) is 0. The highest BCUT2D eigenvalue weighted by Gasteiger charge is 2.32. The van der Waals surface area contributed by atoms with Crippen molar-refractivity contribution >= 4 is 67.4 Å². The normalized spacial score (nSPS) is 21.1. The smallest absolute Gasteiger partial charge is 0.286 e. The highest BCUT2D eigenvalue weighted by molar-refractivity contribution is 8.76. The lowest BCUT2D eigenvalue weighted by atomic mass is 10.1. The van der Waals surface area contributed by atoms with Gasteiger partial charge in [-0.1, -0.05) is 69.4 Å². The second-order valence-electron chi connectivity index (χ2n) is 6.63. The third-order valence-corrected chi connectivity index (χ3v) is 8.84. The second kappa shape index (κ2) is 9.51. The molecule has 2 aliphatic rings. The molecule has 2 saturated heterocycles. The van der Waals surface area contributed by atoms with E-state index in [-0.39, 0.29) is 32.8 Å².